The Labute approximate surface area is 108 Å². The lowest BCUT2D eigenvalue weighted by molar-refractivity contribution is 0.162. The van der Waals surface area contributed by atoms with Crippen LogP contribution in [0.4, 0.5) is 0 Å². The highest BCUT2D eigenvalue weighted by Gasteiger charge is 2.36. The molecule has 7 heteroatoms. The van der Waals surface area contributed by atoms with Gasteiger partial charge in [0, 0.05) is 25.6 Å². The zero-order valence-electron chi connectivity index (χ0n) is 10.1. The zero-order chi connectivity index (χ0) is 12.9. The summed E-state index contributed by atoms with van der Waals surface area (Å²) in [6.07, 6.45) is 2.32. The molecule has 1 aliphatic rings. The van der Waals surface area contributed by atoms with Crippen LogP contribution in [0.1, 0.15) is 26.2 Å². The van der Waals surface area contributed by atoms with Gasteiger partial charge in [0.2, 0.25) is 10.0 Å². The second-order valence-electron chi connectivity index (χ2n) is 4.07. The molecule has 0 saturated heterocycles. The van der Waals surface area contributed by atoms with Crippen LogP contribution in [0.5, 0.6) is 0 Å². The van der Waals surface area contributed by atoms with E-state index < -0.39 is 10.0 Å². The van der Waals surface area contributed by atoms with Crippen molar-refractivity contribution in [3.05, 3.63) is 0 Å². The fraction of sp³-hybridized carbons (Fsp3) is 0.900. The maximum absolute atomic E-state index is 12.1. The van der Waals surface area contributed by atoms with Crippen LogP contribution in [0.15, 0.2) is 0 Å². The van der Waals surface area contributed by atoms with E-state index in [1.165, 1.54) is 4.31 Å². The van der Waals surface area contributed by atoms with Crippen molar-refractivity contribution < 1.29 is 13.2 Å². The van der Waals surface area contributed by atoms with Crippen LogP contribution in [0.3, 0.4) is 0 Å². The van der Waals surface area contributed by atoms with Gasteiger partial charge < -0.3 is 10.5 Å². The number of hydrogen-bond acceptors (Lipinski definition) is 4. The van der Waals surface area contributed by atoms with E-state index in [-0.39, 0.29) is 18.4 Å². The van der Waals surface area contributed by atoms with Gasteiger partial charge in [-0.1, -0.05) is 12.2 Å². The predicted molar refractivity (Wildman–Crippen MR) is 71.4 cm³/mol. The fourth-order valence-corrected chi connectivity index (χ4v) is 3.25. The molecule has 0 aromatic heterocycles. The van der Waals surface area contributed by atoms with Crippen LogP contribution in [0.2, 0.25) is 0 Å². The molecule has 0 aliphatic heterocycles. The number of thiocarbonyl (C=S) groups is 1. The van der Waals surface area contributed by atoms with Crippen LogP contribution in [-0.2, 0) is 14.8 Å². The molecular formula is C10H20N2O3S2. The normalized spacial score (nSPS) is 16.4. The lowest BCUT2D eigenvalue weighted by Crippen LogP contribution is -2.38. The molecule has 2 N–H and O–H groups in total. The van der Waals surface area contributed by atoms with Gasteiger partial charge in [-0.15, -0.1) is 0 Å². The molecule has 0 amide bonds. The molecule has 0 radical (unpaired) electrons. The number of rotatable bonds is 9. The first-order valence-corrected chi connectivity index (χ1v) is 7.84. The van der Waals surface area contributed by atoms with Crippen molar-refractivity contribution >= 4 is 27.2 Å². The van der Waals surface area contributed by atoms with Crippen molar-refractivity contribution in [2.45, 2.75) is 32.2 Å². The monoisotopic (exact) mass is 280 g/mol. The van der Waals surface area contributed by atoms with Crippen LogP contribution < -0.4 is 5.73 Å². The highest BCUT2D eigenvalue weighted by atomic mass is 32.2. The van der Waals surface area contributed by atoms with Crippen LogP contribution in [-0.4, -0.2) is 49.3 Å². The Bertz CT molecular complexity index is 353. The first-order chi connectivity index (χ1) is 7.97. The van der Waals surface area contributed by atoms with Crippen molar-refractivity contribution in [1.29, 1.82) is 0 Å². The second kappa shape index (κ2) is 6.63. The van der Waals surface area contributed by atoms with E-state index in [1.807, 2.05) is 6.92 Å². The van der Waals surface area contributed by atoms with E-state index in [2.05, 4.69) is 0 Å². The lowest BCUT2D eigenvalue weighted by atomic mass is 10.4. The van der Waals surface area contributed by atoms with Crippen molar-refractivity contribution in [2.24, 2.45) is 5.73 Å². The van der Waals surface area contributed by atoms with Gasteiger partial charge in [-0.05, 0) is 19.8 Å². The van der Waals surface area contributed by atoms with Gasteiger partial charge in [0.25, 0.3) is 0 Å². The van der Waals surface area contributed by atoms with Crippen molar-refractivity contribution in [2.75, 3.05) is 25.5 Å². The SMILES string of the molecule is CCOCCS(=O)(=O)N(CCC(N)=S)C1CC1. The van der Waals surface area contributed by atoms with Crippen LogP contribution in [0.25, 0.3) is 0 Å². The summed E-state index contributed by atoms with van der Waals surface area (Å²) in [5.41, 5.74) is 5.41. The molecule has 0 unspecified atom stereocenters. The largest absolute Gasteiger partial charge is 0.393 e. The van der Waals surface area contributed by atoms with Gasteiger partial charge in [-0.25, -0.2) is 8.42 Å². The molecule has 17 heavy (non-hydrogen) atoms. The van der Waals surface area contributed by atoms with Gasteiger partial charge in [-0.2, -0.15) is 4.31 Å². The second-order valence-corrected chi connectivity index (χ2v) is 6.64. The molecular weight excluding hydrogens is 260 g/mol. The molecule has 1 saturated carbocycles. The standard InChI is InChI=1S/C10H20N2O3S2/c1-2-15-7-8-17(13,14)12(9-3-4-9)6-5-10(11)16/h9H,2-8H2,1H3,(H2,11,16). The van der Waals surface area contributed by atoms with E-state index in [1.54, 1.807) is 0 Å². The lowest BCUT2D eigenvalue weighted by Gasteiger charge is -2.21. The smallest absolute Gasteiger partial charge is 0.216 e. The molecule has 0 bridgehead atoms. The Hall–Kier alpha value is -0.240. The third-order valence-electron chi connectivity index (χ3n) is 2.58. The van der Waals surface area contributed by atoms with E-state index in [9.17, 15) is 8.42 Å². The van der Waals surface area contributed by atoms with Crippen LogP contribution >= 0.6 is 12.2 Å². The van der Waals surface area contributed by atoms with Gasteiger partial charge in [-0.3, -0.25) is 0 Å². The molecule has 1 rings (SSSR count). The number of ether oxygens (including phenoxy) is 1. The van der Waals surface area contributed by atoms with Crippen LogP contribution in [0, 0.1) is 0 Å². The topological polar surface area (TPSA) is 72.6 Å². The van der Waals surface area contributed by atoms with E-state index in [4.69, 9.17) is 22.7 Å². The van der Waals surface area contributed by atoms with Gasteiger partial charge >= 0.3 is 0 Å². The highest BCUT2D eigenvalue weighted by Crippen LogP contribution is 2.29. The third kappa shape index (κ3) is 5.29. The molecule has 5 nitrogen and oxygen atoms in total. The quantitative estimate of drug-likeness (QED) is 0.492. The Morgan fingerprint density at radius 1 is 1.53 bits per heavy atom. The summed E-state index contributed by atoms with van der Waals surface area (Å²) in [4.78, 5) is 0.357. The summed E-state index contributed by atoms with van der Waals surface area (Å²) < 4.78 is 30.7. The molecule has 0 atom stereocenters. The maximum Gasteiger partial charge on any atom is 0.216 e. The minimum atomic E-state index is -3.23. The minimum Gasteiger partial charge on any atom is -0.393 e. The van der Waals surface area contributed by atoms with Crippen molar-refractivity contribution in [3.63, 3.8) is 0 Å². The van der Waals surface area contributed by atoms with Crippen molar-refractivity contribution in [1.82, 2.24) is 4.31 Å². The molecule has 0 heterocycles. The fourth-order valence-electron chi connectivity index (χ4n) is 1.56. The van der Waals surface area contributed by atoms with E-state index >= 15 is 0 Å². The maximum atomic E-state index is 12.1. The van der Waals surface area contributed by atoms with E-state index in [0.717, 1.165) is 12.8 Å². The van der Waals surface area contributed by atoms with Gasteiger partial charge in [0.15, 0.2) is 0 Å². The Morgan fingerprint density at radius 3 is 2.65 bits per heavy atom. The number of sulfonamides is 1. The number of nitrogens with zero attached hydrogens (tertiary/aromatic N) is 1. The first kappa shape index (κ1) is 14.8. The summed E-state index contributed by atoms with van der Waals surface area (Å²) in [6, 6.07) is 0.149. The average molecular weight is 280 g/mol. The Balaban J connectivity index is 2.52. The minimum absolute atomic E-state index is 0.0364. The summed E-state index contributed by atoms with van der Waals surface area (Å²) in [5.74, 6) is 0.0364. The Morgan fingerprint density at radius 2 is 2.18 bits per heavy atom. The highest BCUT2D eigenvalue weighted by molar-refractivity contribution is 7.89. The molecule has 0 spiro atoms. The molecule has 0 aromatic rings. The average Bonchev–Trinajstić information content (AvgIpc) is 3.01. The molecule has 1 aliphatic carbocycles. The summed E-state index contributed by atoms with van der Waals surface area (Å²) in [7, 11) is -3.23. The van der Waals surface area contributed by atoms with Crippen molar-refractivity contribution in [3.8, 4) is 0 Å². The summed E-state index contributed by atoms with van der Waals surface area (Å²) in [5, 5.41) is 0. The molecule has 0 aromatic carbocycles. The summed E-state index contributed by atoms with van der Waals surface area (Å²) in [6.45, 7) is 3.02. The zero-order valence-corrected chi connectivity index (χ0v) is 11.7. The Kier molecular flexibility index (Phi) is 5.78. The van der Waals surface area contributed by atoms with Gasteiger partial charge in [0.1, 0.15) is 0 Å². The number of hydrogen-bond donors (Lipinski definition) is 1. The van der Waals surface area contributed by atoms with Gasteiger partial charge in [0.05, 0.1) is 17.3 Å². The first-order valence-electron chi connectivity index (χ1n) is 5.83. The molecule has 1 fully saturated rings. The predicted octanol–water partition coefficient (Wildman–Crippen LogP) is 0.493. The molecule has 100 valence electrons. The number of nitrogens with two attached hydrogens (primary N) is 1. The summed E-state index contributed by atoms with van der Waals surface area (Å²) >= 11 is 4.78. The third-order valence-corrected chi connectivity index (χ3v) is 4.66. The van der Waals surface area contributed by atoms with E-state index in [0.29, 0.717) is 24.6 Å².